The number of amides is 1. The zero-order valence-electron chi connectivity index (χ0n) is 22.7. The molecule has 1 aromatic carbocycles. The number of halogens is 2. The van der Waals surface area contributed by atoms with Crippen molar-refractivity contribution >= 4 is 23.3 Å². The zero-order chi connectivity index (χ0) is 28.0. The van der Waals surface area contributed by atoms with Crippen LogP contribution in [0.2, 0.25) is 0 Å². The first-order valence-corrected chi connectivity index (χ1v) is 13.8. The fourth-order valence-corrected chi connectivity index (χ4v) is 5.99. The number of aromatic nitrogens is 1. The third-order valence-electron chi connectivity index (χ3n) is 6.68. The smallest absolute Gasteiger partial charge is 0.251 e. The number of nitrogens with two attached hydrogens (primary N) is 1. The van der Waals surface area contributed by atoms with Gasteiger partial charge in [-0.05, 0) is 55.2 Å². The van der Waals surface area contributed by atoms with Gasteiger partial charge in [-0.2, -0.15) is 0 Å². The number of aliphatic hydroxyl groups is 1. The lowest BCUT2D eigenvalue weighted by Crippen LogP contribution is -2.47. The largest absolute Gasteiger partial charge is 0.384 e. The van der Waals surface area contributed by atoms with Gasteiger partial charge in [0.1, 0.15) is 23.6 Å². The summed E-state index contributed by atoms with van der Waals surface area (Å²) in [5, 5.41) is 10.9. The minimum Gasteiger partial charge on any atom is -0.384 e. The molecule has 3 rings (SSSR count). The molecule has 1 aliphatic rings. The van der Waals surface area contributed by atoms with Gasteiger partial charge in [0.25, 0.3) is 5.91 Å². The Bertz CT molecular complexity index is 1180. The fraction of sp³-hybridized carbons (Fsp3) is 0.467. The first-order valence-electron chi connectivity index (χ1n) is 13.0. The van der Waals surface area contributed by atoms with Gasteiger partial charge in [0, 0.05) is 23.0 Å². The van der Waals surface area contributed by atoms with E-state index in [2.05, 4.69) is 18.7 Å². The summed E-state index contributed by atoms with van der Waals surface area (Å²) in [5.74, 6) is -0.586. The Morgan fingerprint density at radius 2 is 2.11 bits per heavy atom. The third-order valence-corrected chi connectivity index (χ3v) is 7.81. The molecule has 0 spiro atoms. The molecule has 5 nitrogen and oxygen atoms in total. The minimum absolute atomic E-state index is 0.174. The Labute approximate surface area is 228 Å². The SMILES string of the molecule is C=Cc1ccc(F)cc1-c1nc(C(N(CCC(N)CF)C(=O)C(C)O)C(C)(C)C)c(CC2C=CC=CC2)s1. The normalized spacial score (nSPS) is 17.7. The van der Waals surface area contributed by atoms with Gasteiger partial charge in [-0.3, -0.25) is 4.79 Å². The fourth-order valence-electron chi connectivity index (χ4n) is 4.77. The quantitative estimate of drug-likeness (QED) is 0.351. The van der Waals surface area contributed by atoms with Gasteiger partial charge in [0.2, 0.25) is 0 Å². The maximum atomic E-state index is 14.3. The minimum atomic E-state index is -1.25. The highest BCUT2D eigenvalue weighted by molar-refractivity contribution is 7.15. The van der Waals surface area contributed by atoms with Crippen molar-refractivity contribution in [3.63, 3.8) is 0 Å². The van der Waals surface area contributed by atoms with E-state index in [0.29, 0.717) is 22.7 Å². The first kappa shape index (κ1) is 29.9. The number of benzene rings is 1. The Hall–Kier alpha value is -2.68. The molecular formula is C30H39F2N3O2S. The highest BCUT2D eigenvalue weighted by Gasteiger charge is 2.39. The lowest BCUT2D eigenvalue weighted by atomic mass is 9.81. The second kappa shape index (κ2) is 12.9. The Kier molecular flexibility index (Phi) is 10.2. The van der Waals surface area contributed by atoms with Crippen molar-refractivity contribution in [3.8, 4) is 10.6 Å². The van der Waals surface area contributed by atoms with Crippen LogP contribution in [0.1, 0.15) is 62.7 Å². The molecular weight excluding hydrogens is 504 g/mol. The summed E-state index contributed by atoms with van der Waals surface area (Å²) in [5.41, 5.74) is 7.50. The van der Waals surface area contributed by atoms with E-state index in [1.54, 1.807) is 17.0 Å². The summed E-state index contributed by atoms with van der Waals surface area (Å²) in [6, 6.07) is 3.28. The van der Waals surface area contributed by atoms with Crippen LogP contribution >= 0.6 is 11.3 Å². The van der Waals surface area contributed by atoms with Crippen LogP contribution in [0.3, 0.4) is 0 Å². The van der Waals surface area contributed by atoms with Crippen molar-refractivity contribution in [1.82, 2.24) is 9.88 Å². The molecule has 4 unspecified atom stereocenters. The maximum absolute atomic E-state index is 14.3. The van der Waals surface area contributed by atoms with Crippen LogP contribution in [0.5, 0.6) is 0 Å². The summed E-state index contributed by atoms with van der Waals surface area (Å²) in [6.07, 6.45) is 10.6. The number of rotatable bonds is 11. The van der Waals surface area contributed by atoms with E-state index in [-0.39, 0.29) is 24.7 Å². The predicted octanol–water partition coefficient (Wildman–Crippen LogP) is 6.25. The highest BCUT2D eigenvalue weighted by atomic mass is 32.1. The molecule has 0 radical (unpaired) electrons. The number of alkyl halides is 1. The molecule has 0 aliphatic heterocycles. The van der Waals surface area contributed by atoms with Crippen LogP contribution in [0.25, 0.3) is 16.6 Å². The molecule has 1 heterocycles. The van der Waals surface area contributed by atoms with Crippen LogP contribution in [0.15, 0.2) is 49.1 Å². The van der Waals surface area contributed by atoms with E-state index in [1.807, 2.05) is 32.9 Å². The van der Waals surface area contributed by atoms with E-state index in [4.69, 9.17) is 10.7 Å². The molecule has 4 atom stereocenters. The molecule has 1 aliphatic carbocycles. The van der Waals surface area contributed by atoms with Crippen molar-refractivity contribution in [3.05, 3.63) is 71.0 Å². The highest BCUT2D eigenvalue weighted by Crippen LogP contribution is 2.44. The number of nitrogens with zero attached hydrogens (tertiary/aromatic N) is 2. The Morgan fingerprint density at radius 3 is 2.68 bits per heavy atom. The van der Waals surface area contributed by atoms with Crippen molar-refractivity contribution < 1.29 is 18.7 Å². The maximum Gasteiger partial charge on any atom is 0.251 e. The van der Waals surface area contributed by atoms with Gasteiger partial charge in [-0.15, -0.1) is 11.3 Å². The van der Waals surface area contributed by atoms with E-state index < -0.39 is 36.2 Å². The Morgan fingerprint density at radius 1 is 1.37 bits per heavy atom. The van der Waals surface area contributed by atoms with Gasteiger partial charge < -0.3 is 15.7 Å². The van der Waals surface area contributed by atoms with E-state index in [1.165, 1.54) is 30.4 Å². The van der Waals surface area contributed by atoms with E-state index in [9.17, 15) is 18.7 Å². The molecule has 0 saturated heterocycles. The second-order valence-corrected chi connectivity index (χ2v) is 12.0. The number of thiazole rings is 1. The van der Waals surface area contributed by atoms with Crippen LogP contribution < -0.4 is 5.73 Å². The summed E-state index contributed by atoms with van der Waals surface area (Å²) in [4.78, 5) is 21.0. The van der Waals surface area contributed by atoms with Gasteiger partial charge in [-0.1, -0.05) is 63.8 Å². The summed E-state index contributed by atoms with van der Waals surface area (Å²) >= 11 is 1.49. The molecule has 2 aromatic rings. The van der Waals surface area contributed by atoms with Crippen LogP contribution in [-0.2, 0) is 11.2 Å². The lowest BCUT2D eigenvalue weighted by Gasteiger charge is -2.41. The zero-order valence-corrected chi connectivity index (χ0v) is 23.5. The summed E-state index contributed by atoms with van der Waals surface area (Å²) < 4.78 is 27.6. The summed E-state index contributed by atoms with van der Waals surface area (Å²) in [7, 11) is 0. The first-order chi connectivity index (χ1) is 18.0. The lowest BCUT2D eigenvalue weighted by molar-refractivity contribution is -0.144. The molecule has 3 N–H and O–H groups in total. The molecule has 1 aromatic heterocycles. The number of hydrogen-bond acceptors (Lipinski definition) is 5. The van der Waals surface area contributed by atoms with Gasteiger partial charge >= 0.3 is 0 Å². The van der Waals surface area contributed by atoms with Crippen LogP contribution in [0, 0.1) is 17.2 Å². The van der Waals surface area contributed by atoms with Crippen molar-refractivity contribution in [2.24, 2.45) is 17.1 Å². The third kappa shape index (κ3) is 7.24. The van der Waals surface area contributed by atoms with E-state index in [0.717, 1.165) is 16.9 Å². The second-order valence-electron chi connectivity index (χ2n) is 11.0. The standard InChI is InChI=1S/C30H39F2N3O2S/c1-6-21-12-13-22(32)17-24(21)28-34-26(25(38-28)16-20-10-8-7-9-11-20)27(30(3,4)5)35(29(37)19(2)36)15-14-23(33)18-31/h6-10,12-13,17,19-20,23,27,36H,1,11,14-16,18,33H2,2-5H3. The molecule has 38 heavy (non-hydrogen) atoms. The molecule has 0 saturated carbocycles. The Balaban J connectivity index is 2.20. The number of carbonyl (C=O) groups excluding carboxylic acids is 1. The summed E-state index contributed by atoms with van der Waals surface area (Å²) in [6.45, 7) is 10.8. The predicted molar refractivity (Wildman–Crippen MR) is 152 cm³/mol. The van der Waals surface area contributed by atoms with E-state index >= 15 is 0 Å². The monoisotopic (exact) mass is 543 g/mol. The molecule has 1 amide bonds. The topological polar surface area (TPSA) is 79.5 Å². The average molecular weight is 544 g/mol. The average Bonchev–Trinajstić information content (AvgIpc) is 3.27. The van der Waals surface area contributed by atoms with Crippen LogP contribution in [0.4, 0.5) is 8.78 Å². The molecule has 0 bridgehead atoms. The number of hydrogen-bond donors (Lipinski definition) is 2. The molecule has 8 heteroatoms. The number of aliphatic hydroxyl groups excluding tert-OH is 1. The van der Waals surface area contributed by atoms with Crippen molar-refractivity contribution in [2.45, 2.75) is 65.1 Å². The number of carbonyl (C=O) groups is 1. The molecule has 0 fully saturated rings. The van der Waals surface area contributed by atoms with Crippen molar-refractivity contribution in [2.75, 3.05) is 13.2 Å². The van der Waals surface area contributed by atoms with Gasteiger partial charge in [-0.25, -0.2) is 13.8 Å². The van der Waals surface area contributed by atoms with Crippen molar-refractivity contribution in [1.29, 1.82) is 0 Å². The van der Waals surface area contributed by atoms with Gasteiger partial charge in [0.05, 0.1) is 11.7 Å². The number of allylic oxidation sites excluding steroid dienone is 4. The molecule has 206 valence electrons. The van der Waals surface area contributed by atoms with Crippen LogP contribution in [-0.4, -0.2) is 46.3 Å². The van der Waals surface area contributed by atoms with Gasteiger partial charge in [0.15, 0.2) is 0 Å².